The van der Waals surface area contributed by atoms with Crippen LogP contribution in [0.15, 0.2) is 12.2 Å². The molecule has 0 aromatic heterocycles. The lowest BCUT2D eigenvalue weighted by Gasteiger charge is -2.42. The molecule has 0 amide bonds. The van der Waals surface area contributed by atoms with Gasteiger partial charge >= 0.3 is 0 Å². The van der Waals surface area contributed by atoms with E-state index in [1.54, 1.807) is 13.8 Å². The summed E-state index contributed by atoms with van der Waals surface area (Å²) in [5.74, 6) is -4.40. The normalized spacial score (nSPS) is 52.8. The van der Waals surface area contributed by atoms with Crippen LogP contribution < -0.4 is 0 Å². The van der Waals surface area contributed by atoms with Gasteiger partial charge in [-0.2, -0.15) is 0 Å². The van der Waals surface area contributed by atoms with Gasteiger partial charge in [0.05, 0.1) is 10.8 Å². The van der Waals surface area contributed by atoms with Gasteiger partial charge in [0.1, 0.15) is 0 Å². The van der Waals surface area contributed by atoms with E-state index in [1.165, 1.54) is 26.0 Å². The fraction of sp³-hybridized carbons (Fsp3) is 0.600. The zero-order valence-corrected chi connectivity index (χ0v) is 12.1. The Balaban J connectivity index is 2.22. The largest absolute Gasteiger partial charge is 0.331 e. The number of carbonyl (C=O) groups excluding carboxylic acids is 4. The maximum absolute atomic E-state index is 12.7. The lowest BCUT2D eigenvalue weighted by Crippen LogP contribution is -2.63. The van der Waals surface area contributed by atoms with E-state index in [-0.39, 0.29) is 0 Å². The van der Waals surface area contributed by atoms with E-state index in [4.69, 9.17) is 9.47 Å². The molecule has 1 saturated heterocycles. The highest BCUT2D eigenvalue weighted by molar-refractivity contribution is 6.59. The first-order valence-corrected chi connectivity index (χ1v) is 6.79. The second-order valence-corrected chi connectivity index (χ2v) is 7.02. The maximum atomic E-state index is 12.7. The van der Waals surface area contributed by atoms with Crippen LogP contribution in [0.4, 0.5) is 0 Å². The van der Waals surface area contributed by atoms with Gasteiger partial charge in [0.25, 0.3) is 0 Å². The molecule has 1 aliphatic heterocycles. The lowest BCUT2D eigenvalue weighted by atomic mass is 9.62. The van der Waals surface area contributed by atoms with Crippen molar-refractivity contribution in [2.45, 2.75) is 44.7 Å². The van der Waals surface area contributed by atoms with Crippen molar-refractivity contribution in [2.75, 3.05) is 0 Å². The SMILES string of the molecule is CC1(C)O[C@]23C(=O)C(=O)[C@]4(C)C=C[C@@]2(C)C(=O)C(=O)[C@]34O1. The highest BCUT2D eigenvalue weighted by Crippen LogP contribution is 2.72. The van der Waals surface area contributed by atoms with Crippen LogP contribution in [0.5, 0.6) is 0 Å². The van der Waals surface area contributed by atoms with E-state index in [2.05, 4.69) is 0 Å². The van der Waals surface area contributed by atoms with Gasteiger partial charge in [0, 0.05) is 0 Å². The molecule has 21 heavy (non-hydrogen) atoms. The molecule has 4 aliphatic rings. The smallest absolute Gasteiger partial charge is 0.236 e. The molecule has 3 fully saturated rings. The fourth-order valence-corrected chi connectivity index (χ4v) is 4.56. The third-order valence-corrected chi connectivity index (χ3v) is 5.50. The van der Waals surface area contributed by atoms with Crippen LogP contribution >= 0.6 is 0 Å². The zero-order valence-electron chi connectivity index (χ0n) is 12.1. The summed E-state index contributed by atoms with van der Waals surface area (Å²) in [7, 11) is 0. The van der Waals surface area contributed by atoms with Crippen LogP contribution in [0.3, 0.4) is 0 Å². The molecular weight excluding hydrogens is 276 g/mol. The first kappa shape index (κ1) is 13.0. The average molecular weight is 290 g/mol. The van der Waals surface area contributed by atoms with Crippen molar-refractivity contribution in [3.63, 3.8) is 0 Å². The minimum Gasteiger partial charge on any atom is -0.331 e. The number of hydrogen-bond acceptors (Lipinski definition) is 6. The molecule has 2 saturated carbocycles. The summed E-state index contributed by atoms with van der Waals surface area (Å²) in [5, 5.41) is 0. The van der Waals surface area contributed by atoms with Crippen molar-refractivity contribution in [2.24, 2.45) is 10.8 Å². The lowest BCUT2D eigenvalue weighted by molar-refractivity contribution is -0.200. The van der Waals surface area contributed by atoms with E-state index < -0.39 is 51.0 Å². The van der Waals surface area contributed by atoms with Crippen LogP contribution in [0.1, 0.15) is 27.7 Å². The molecule has 0 N–H and O–H groups in total. The van der Waals surface area contributed by atoms with E-state index in [1.807, 2.05) is 0 Å². The van der Waals surface area contributed by atoms with Gasteiger partial charge in [-0.05, 0) is 27.7 Å². The highest BCUT2D eigenvalue weighted by atomic mass is 16.8. The molecule has 0 spiro atoms. The van der Waals surface area contributed by atoms with Gasteiger partial charge in [-0.1, -0.05) is 12.2 Å². The van der Waals surface area contributed by atoms with Gasteiger partial charge < -0.3 is 9.47 Å². The molecule has 1 heterocycles. The minimum absolute atomic E-state index is 0.737. The van der Waals surface area contributed by atoms with E-state index in [0.717, 1.165) is 0 Å². The van der Waals surface area contributed by atoms with Crippen molar-refractivity contribution < 1.29 is 28.7 Å². The van der Waals surface area contributed by atoms with Crippen LogP contribution in [0.25, 0.3) is 0 Å². The second-order valence-electron chi connectivity index (χ2n) is 7.02. The molecule has 110 valence electrons. The van der Waals surface area contributed by atoms with E-state index in [9.17, 15) is 19.2 Å². The summed E-state index contributed by atoms with van der Waals surface area (Å²) in [4.78, 5) is 50.4. The molecule has 0 aromatic carbocycles. The molecule has 6 nitrogen and oxygen atoms in total. The second kappa shape index (κ2) is 2.80. The Morgan fingerprint density at radius 3 is 1.33 bits per heavy atom. The summed E-state index contributed by atoms with van der Waals surface area (Å²) >= 11 is 0. The summed E-state index contributed by atoms with van der Waals surface area (Å²) in [5.41, 5.74) is -6.75. The Labute approximate surface area is 120 Å². The molecular formula is C15H14O6. The van der Waals surface area contributed by atoms with Gasteiger partial charge in [0.2, 0.25) is 23.1 Å². The standard InChI is InChI=1S/C15H14O6/c1-11(2)20-14-10(19)8(17)13(4)6-5-12(14,3)7(16)9(18)15(13,14)21-11/h5-6H,1-4H3/t12-,13-,14+,15+/m0/s1. The first-order chi connectivity index (χ1) is 9.50. The summed E-state index contributed by atoms with van der Waals surface area (Å²) in [6.45, 7) is 6.07. The number of carbonyl (C=O) groups is 4. The quantitative estimate of drug-likeness (QED) is 0.465. The Morgan fingerprint density at radius 2 is 1.00 bits per heavy atom. The van der Waals surface area contributed by atoms with Crippen molar-refractivity contribution in [1.29, 1.82) is 0 Å². The number of Topliss-reactive ketones (excluding diaryl/α,β-unsaturated/α-hetero) is 4. The van der Waals surface area contributed by atoms with Gasteiger partial charge in [-0.3, -0.25) is 19.2 Å². The molecule has 6 heteroatoms. The zero-order chi connectivity index (χ0) is 15.6. The number of ketones is 4. The van der Waals surface area contributed by atoms with Crippen LogP contribution in [-0.2, 0) is 28.7 Å². The average Bonchev–Trinajstić information content (AvgIpc) is 2.77. The number of rotatable bonds is 0. The number of ether oxygens (including phenoxy) is 2. The Morgan fingerprint density at radius 1 is 0.667 bits per heavy atom. The third-order valence-electron chi connectivity index (χ3n) is 5.50. The predicted octanol–water partition coefficient (Wildman–Crippen LogP) is 0.133. The fourth-order valence-electron chi connectivity index (χ4n) is 4.56. The summed E-state index contributed by atoms with van der Waals surface area (Å²) in [6.07, 6.45) is 2.93. The van der Waals surface area contributed by atoms with Crippen LogP contribution in [0.2, 0.25) is 0 Å². The molecule has 4 atom stereocenters. The minimum atomic E-state index is -1.88. The molecule has 0 aromatic rings. The predicted molar refractivity (Wildman–Crippen MR) is 67.1 cm³/mol. The monoisotopic (exact) mass is 290 g/mol. The third kappa shape index (κ3) is 0.840. The van der Waals surface area contributed by atoms with Gasteiger partial charge in [0.15, 0.2) is 17.0 Å². The molecule has 0 unspecified atom stereocenters. The van der Waals surface area contributed by atoms with Crippen molar-refractivity contribution in [3.8, 4) is 0 Å². The Hall–Kier alpha value is -1.66. The van der Waals surface area contributed by atoms with Gasteiger partial charge in [-0.25, -0.2) is 0 Å². The molecule has 4 bridgehead atoms. The van der Waals surface area contributed by atoms with E-state index in [0.29, 0.717) is 0 Å². The summed E-state index contributed by atoms with van der Waals surface area (Å²) in [6, 6.07) is 0. The molecule has 3 aliphatic carbocycles. The van der Waals surface area contributed by atoms with Gasteiger partial charge in [-0.15, -0.1) is 0 Å². The van der Waals surface area contributed by atoms with Crippen LogP contribution in [0, 0.1) is 10.8 Å². The molecule has 0 radical (unpaired) electrons. The summed E-state index contributed by atoms with van der Waals surface area (Å²) < 4.78 is 11.6. The number of hydrogen-bond donors (Lipinski definition) is 0. The Kier molecular flexibility index (Phi) is 1.74. The van der Waals surface area contributed by atoms with Crippen molar-refractivity contribution in [3.05, 3.63) is 12.2 Å². The van der Waals surface area contributed by atoms with Crippen molar-refractivity contribution in [1.82, 2.24) is 0 Å². The topological polar surface area (TPSA) is 86.7 Å². The molecule has 4 rings (SSSR count). The Bertz CT molecular complexity index is 660. The van der Waals surface area contributed by atoms with Crippen LogP contribution in [-0.4, -0.2) is 40.1 Å². The first-order valence-electron chi connectivity index (χ1n) is 6.79. The van der Waals surface area contributed by atoms with Crippen molar-refractivity contribution >= 4 is 23.1 Å². The highest BCUT2D eigenvalue weighted by Gasteiger charge is 2.95. The maximum Gasteiger partial charge on any atom is 0.236 e. The van der Waals surface area contributed by atoms with E-state index >= 15 is 0 Å².